The first-order valence-corrected chi connectivity index (χ1v) is 3.65. The lowest BCUT2D eigenvalue weighted by Crippen LogP contribution is -1.89. The van der Waals surface area contributed by atoms with E-state index in [1.165, 1.54) is 11.3 Å². The molecule has 2 aromatic rings. The van der Waals surface area contributed by atoms with Crippen LogP contribution in [0.3, 0.4) is 0 Å². The van der Waals surface area contributed by atoms with Crippen LogP contribution in [0.2, 0.25) is 0 Å². The molecule has 0 amide bonds. The number of aryl methyl sites for hydroxylation is 1. The van der Waals surface area contributed by atoms with Gasteiger partial charge in [-0.1, -0.05) is 11.3 Å². The fourth-order valence-corrected chi connectivity index (χ4v) is 1.22. The predicted octanol–water partition coefficient (Wildman–Crippen LogP) is 0.790. The Morgan fingerprint density at radius 2 is 2.30 bits per heavy atom. The van der Waals surface area contributed by atoms with Crippen LogP contribution in [0.5, 0.6) is 0 Å². The molecule has 5 heteroatoms. The van der Waals surface area contributed by atoms with Gasteiger partial charge in [-0.05, 0) is 6.92 Å². The van der Waals surface area contributed by atoms with Gasteiger partial charge in [-0.3, -0.25) is 0 Å². The Bertz CT molecular complexity index is 355. The van der Waals surface area contributed by atoms with Crippen molar-refractivity contribution in [2.45, 2.75) is 6.92 Å². The second kappa shape index (κ2) is 1.95. The number of rotatable bonds is 0. The van der Waals surface area contributed by atoms with Crippen LogP contribution in [0, 0.1) is 6.92 Å². The highest BCUT2D eigenvalue weighted by atomic mass is 32.1. The largest absolute Gasteiger partial charge is 0.223 e. The molecule has 2 aromatic heterocycles. The van der Waals surface area contributed by atoms with E-state index in [1.54, 1.807) is 12.4 Å². The van der Waals surface area contributed by atoms with Gasteiger partial charge >= 0.3 is 0 Å². The van der Waals surface area contributed by atoms with Gasteiger partial charge in [0.1, 0.15) is 5.82 Å². The second-order valence-electron chi connectivity index (χ2n) is 1.84. The van der Waals surface area contributed by atoms with E-state index in [-0.39, 0.29) is 0 Å². The summed E-state index contributed by atoms with van der Waals surface area (Å²) in [5.74, 6) is 0.665. The molecule has 0 aromatic carbocycles. The van der Waals surface area contributed by atoms with Crippen molar-refractivity contribution in [2.75, 3.05) is 0 Å². The Balaban J connectivity index is 2.86. The summed E-state index contributed by atoms with van der Waals surface area (Å²) in [6, 6.07) is 0. The fourth-order valence-electron chi connectivity index (χ4n) is 0.672. The zero-order valence-electron chi connectivity index (χ0n) is 5.27. The third-order valence-corrected chi connectivity index (χ3v) is 1.78. The quantitative estimate of drug-likeness (QED) is 0.560. The number of thiazole rings is 1. The van der Waals surface area contributed by atoms with Crippen LogP contribution < -0.4 is 0 Å². The first kappa shape index (κ1) is 5.67. The summed E-state index contributed by atoms with van der Waals surface area (Å²) in [5.41, 5.74) is 2.41. The van der Waals surface area contributed by atoms with Gasteiger partial charge in [0, 0.05) is 0 Å². The minimum Gasteiger partial charge on any atom is -0.223 e. The van der Waals surface area contributed by atoms with Gasteiger partial charge in [-0.15, -0.1) is 10.2 Å². The van der Waals surface area contributed by atoms with Crippen LogP contribution in [0.25, 0.3) is 10.5 Å². The Morgan fingerprint density at radius 1 is 1.40 bits per heavy atom. The minimum atomic E-state index is 0.665. The van der Waals surface area contributed by atoms with E-state index >= 15 is 0 Å². The summed E-state index contributed by atoms with van der Waals surface area (Å²) in [6.07, 6.45) is 0. The van der Waals surface area contributed by atoms with E-state index < -0.39 is 0 Å². The lowest BCUT2D eigenvalue weighted by atomic mass is 10.7. The first-order valence-electron chi connectivity index (χ1n) is 2.77. The molecule has 2 heterocycles. The zero-order chi connectivity index (χ0) is 6.97. The van der Waals surface area contributed by atoms with E-state index in [1.807, 2.05) is 0 Å². The minimum absolute atomic E-state index is 0.665. The van der Waals surface area contributed by atoms with Crippen molar-refractivity contribution in [3.05, 3.63) is 11.3 Å². The summed E-state index contributed by atoms with van der Waals surface area (Å²) >= 11 is 1.45. The topological polar surface area (TPSA) is 51.6 Å². The molecule has 0 bridgehead atoms. The second-order valence-corrected chi connectivity index (χ2v) is 2.67. The maximum atomic E-state index is 4.06. The van der Waals surface area contributed by atoms with Crippen LogP contribution in [0.4, 0.5) is 0 Å². The van der Waals surface area contributed by atoms with Crippen LogP contribution in [-0.2, 0) is 0 Å². The highest BCUT2D eigenvalue weighted by Crippen LogP contribution is 2.09. The molecule has 0 saturated carbocycles. The van der Waals surface area contributed by atoms with Gasteiger partial charge in [-0.2, -0.15) is 0 Å². The Labute approximate surface area is 61.0 Å². The molecule has 0 aliphatic rings. The molecule has 4 nitrogen and oxygen atoms in total. The summed E-state index contributed by atoms with van der Waals surface area (Å²) in [7, 11) is 0. The third kappa shape index (κ3) is 0.750. The van der Waals surface area contributed by atoms with Gasteiger partial charge in [0.05, 0.1) is 5.51 Å². The molecule has 50 valence electrons. The molecule has 0 spiro atoms. The van der Waals surface area contributed by atoms with Crippen LogP contribution >= 0.6 is 11.3 Å². The molecule has 0 aliphatic carbocycles. The molecule has 0 fully saturated rings. The smallest absolute Gasteiger partial charge is 0.193 e. The van der Waals surface area contributed by atoms with Crippen LogP contribution in [-0.4, -0.2) is 20.2 Å². The van der Waals surface area contributed by atoms with Gasteiger partial charge in [-0.25, -0.2) is 9.97 Å². The van der Waals surface area contributed by atoms with Crippen molar-refractivity contribution >= 4 is 21.8 Å². The van der Waals surface area contributed by atoms with E-state index in [0.29, 0.717) is 11.5 Å². The van der Waals surface area contributed by atoms with Crippen molar-refractivity contribution in [3.63, 3.8) is 0 Å². The zero-order valence-corrected chi connectivity index (χ0v) is 6.09. The molecule has 0 aliphatic heterocycles. The molecule has 0 N–H and O–H groups in total. The van der Waals surface area contributed by atoms with Crippen molar-refractivity contribution in [3.8, 4) is 0 Å². The maximum Gasteiger partial charge on any atom is 0.193 e. The van der Waals surface area contributed by atoms with E-state index in [2.05, 4.69) is 20.2 Å². The Hall–Kier alpha value is -1.10. The number of fused-ring (bicyclic) bond motifs is 1. The Kier molecular flexibility index (Phi) is 1.10. The average Bonchev–Trinajstić information content (AvgIpc) is 2.33. The molecular formula is C5H4N4S. The standard InChI is InChI=1S/C5H4N4S/c1-3-7-4-5(9-8-3)10-2-6-4/h2H,1H3. The molecule has 2 rings (SSSR count). The van der Waals surface area contributed by atoms with Gasteiger partial charge in [0.25, 0.3) is 0 Å². The highest BCUT2D eigenvalue weighted by Gasteiger charge is 1.98. The molecule has 0 atom stereocenters. The predicted molar refractivity (Wildman–Crippen MR) is 37.7 cm³/mol. The monoisotopic (exact) mass is 152 g/mol. The van der Waals surface area contributed by atoms with Crippen molar-refractivity contribution in [1.29, 1.82) is 0 Å². The van der Waals surface area contributed by atoms with Crippen LogP contribution in [0.1, 0.15) is 5.82 Å². The van der Waals surface area contributed by atoms with Gasteiger partial charge in [0.2, 0.25) is 0 Å². The maximum absolute atomic E-state index is 4.06. The lowest BCUT2D eigenvalue weighted by Gasteiger charge is -1.85. The van der Waals surface area contributed by atoms with Gasteiger partial charge in [0.15, 0.2) is 10.5 Å². The number of hydrogen-bond donors (Lipinski definition) is 0. The van der Waals surface area contributed by atoms with E-state index in [0.717, 1.165) is 4.83 Å². The average molecular weight is 152 g/mol. The summed E-state index contributed by atoms with van der Waals surface area (Å²) in [4.78, 5) is 8.84. The molecular weight excluding hydrogens is 148 g/mol. The first-order chi connectivity index (χ1) is 4.86. The SMILES string of the molecule is Cc1nnc2scnc2n1. The Morgan fingerprint density at radius 3 is 3.20 bits per heavy atom. The van der Waals surface area contributed by atoms with Crippen molar-refractivity contribution in [2.24, 2.45) is 0 Å². The fraction of sp³-hybridized carbons (Fsp3) is 0.200. The number of nitrogens with zero attached hydrogens (tertiary/aromatic N) is 4. The molecule has 10 heavy (non-hydrogen) atoms. The number of hydrogen-bond acceptors (Lipinski definition) is 5. The molecule has 0 unspecified atom stereocenters. The van der Waals surface area contributed by atoms with Crippen LogP contribution in [0.15, 0.2) is 5.51 Å². The highest BCUT2D eigenvalue weighted by molar-refractivity contribution is 7.16. The number of aromatic nitrogens is 4. The lowest BCUT2D eigenvalue weighted by molar-refractivity contribution is 0.951. The molecule has 0 radical (unpaired) electrons. The van der Waals surface area contributed by atoms with E-state index in [9.17, 15) is 0 Å². The normalized spacial score (nSPS) is 10.5. The third-order valence-electron chi connectivity index (χ3n) is 1.08. The summed E-state index contributed by atoms with van der Waals surface area (Å²) in [6.45, 7) is 1.80. The summed E-state index contributed by atoms with van der Waals surface area (Å²) < 4.78 is 0. The van der Waals surface area contributed by atoms with Crippen molar-refractivity contribution < 1.29 is 0 Å². The van der Waals surface area contributed by atoms with Gasteiger partial charge < -0.3 is 0 Å². The van der Waals surface area contributed by atoms with Crippen molar-refractivity contribution in [1.82, 2.24) is 20.2 Å². The molecule has 0 saturated heterocycles. The van der Waals surface area contributed by atoms with E-state index in [4.69, 9.17) is 0 Å². The summed E-state index contributed by atoms with van der Waals surface area (Å²) in [5, 5.41) is 7.67.